The predicted molar refractivity (Wildman–Crippen MR) is 140 cm³/mol. The average molecular weight is 576 g/mol. The van der Waals surface area contributed by atoms with Gasteiger partial charge in [0.2, 0.25) is 10.0 Å². The van der Waals surface area contributed by atoms with E-state index in [1.54, 1.807) is 37.4 Å². The minimum Gasteiger partial charge on any atom is -0.497 e. The standard InChI is InChI=1S/C27H25F4N5O3S/c1-35(15-17-3-6-21(39-2)7-4-17)40(37,38)22-8-9-24(33-26-10-5-18(14-32-26)27(29,30)31)23(13-22)25-12-20-11-19(28)16-36(20)34-25/h3-10,12-14,19H,11,15-16H2,1-2H3,(H,32,33). The molecule has 1 N–H and O–H groups in total. The molecule has 1 aliphatic rings. The first-order chi connectivity index (χ1) is 18.9. The number of pyridine rings is 1. The lowest BCUT2D eigenvalue weighted by molar-refractivity contribution is -0.137. The highest BCUT2D eigenvalue weighted by molar-refractivity contribution is 7.89. The molecule has 0 amide bonds. The SMILES string of the molecule is COc1ccc(CN(C)S(=O)(=O)c2ccc(Nc3ccc(C(F)(F)F)cn3)c(-c3cc4n(n3)CC(F)C4)c2)cc1. The van der Waals surface area contributed by atoms with E-state index < -0.39 is 27.9 Å². The summed E-state index contributed by atoms with van der Waals surface area (Å²) in [5.41, 5.74) is 1.66. The first-order valence-corrected chi connectivity index (χ1v) is 13.6. The van der Waals surface area contributed by atoms with Crippen LogP contribution < -0.4 is 10.1 Å². The highest BCUT2D eigenvalue weighted by Gasteiger charge is 2.31. The average Bonchev–Trinajstić information content (AvgIpc) is 3.46. The lowest BCUT2D eigenvalue weighted by Crippen LogP contribution is -2.26. The molecule has 0 fully saturated rings. The van der Waals surface area contributed by atoms with E-state index in [0.29, 0.717) is 34.6 Å². The Morgan fingerprint density at radius 2 is 1.85 bits per heavy atom. The molecule has 8 nitrogen and oxygen atoms in total. The molecule has 5 rings (SSSR count). The lowest BCUT2D eigenvalue weighted by Gasteiger charge is -2.19. The largest absolute Gasteiger partial charge is 0.497 e. The van der Waals surface area contributed by atoms with Gasteiger partial charge in [0.15, 0.2) is 0 Å². The van der Waals surface area contributed by atoms with Crippen LogP contribution in [0.4, 0.5) is 29.1 Å². The molecule has 13 heteroatoms. The summed E-state index contributed by atoms with van der Waals surface area (Å²) in [7, 11) is -0.955. The van der Waals surface area contributed by atoms with Crippen molar-refractivity contribution in [3.63, 3.8) is 0 Å². The smallest absolute Gasteiger partial charge is 0.417 e. The molecule has 0 aliphatic carbocycles. The lowest BCUT2D eigenvalue weighted by atomic mass is 10.1. The summed E-state index contributed by atoms with van der Waals surface area (Å²) in [6.45, 7) is 0.189. The van der Waals surface area contributed by atoms with Crippen molar-refractivity contribution in [2.45, 2.75) is 36.8 Å². The van der Waals surface area contributed by atoms with E-state index in [9.17, 15) is 26.0 Å². The number of methoxy groups -OCH3 is 1. The number of benzene rings is 2. The van der Waals surface area contributed by atoms with Gasteiger partial charge in [0.1, 0.15) is 17.7 Å². The monoisotopic (exact) mass is 575 g/mol. The summed E-state index contributed by atoms with van der Waals surface area (Å²) in [6.07, 6.45) is -4.69. The third kappa shape index (κ3) is 5.65. The second kappa shape index (κ2) is 10.5. The highest BCUT2D eigenvalue weighted by atomic mass is 32.2. The first-order valence-electron chi connectivity index (χ1n) is 12.2. The van der Waals surface area contributed by atoms with Gasteiger partial charge in [0.05, 0.1) is 29.8 Å². The molecule has 0 bridgehead atoms. The van der Waals surface area contributed by atoms with Crippen molar-refractivity contribution in [3.8, 4) is 17.0 Å². The minimum atomic E-state index is -4.53. The highest BCUT2D eigenvalue weighted by Crippen LogP contribution is 2.35. The molecule has 0 radical (unpaired) electrons. The number of ether oxygens (including phenoxy) is 1. The van der Waals surface area contributed by atoms with Gasteiger partial charge in [-0.3, -0.25) is 4.68 Å². The molecular formula is C27H25F4N5O3S. The summed E-state index contributed by atoms with van der Waals surface area (Å²) in [6, 6.07) is 15.1. The van der Waals surface area contributed by atoms with Gasteiger partial charge in [0, 0.05) is 43.2 Å². The van der Waals surface area contributed by atoms with Gasteiger partial charge in [-0.05, 0) is 54.1 Å². The topological polar surface area (TPSA) is 89.4 Å². The van der Waals surface area contributed by atoms with Gasteiger partial charge in [-0.2, -0.15) is 22.6 Å². The molecular weight excluding hydrogens is 550 g/mol. The molecule has 4 aromatic rings. The van der Waals surface area contributed by atoms with Crippen molar-refractivity contribution in [3.05, 3.63) is 83.7 Å². The molecule has 40 heavy (non-hydrogen) atoms. The van der Waals surface area contributed by atoms with Crippen LogP contribution in [0.3, 0.4) is 0 Å². The summed E-state index contributed by atoms with van der Waals surface area (Å²) >= 11 is 0. The Morgan fingerprint density at radius 3 is 2.48 bits per heavy atom. The van der Waals surface area contributed by atoms with Gasteiger partial charge in [-0.15, -0.1) is 0 Å². The van der Waals surface area contributed by atoms with Gasteiger partial charge in [-0.25, -0.2) is 17.8 Å². The molecule has 1 unspecified atom stereocenters. The molecule has 0 saturated carbocycles. The quantitative estimate of drug-likeness (QED) is 0.282. The number of anilines is 2. The van der Waals surface area contributed by atoms with Crippen LogP contribution in [0.1, 0.15) is 16.8 Å². The summed E-state index contributed by atoms with van der Waals surface area (Å²) in [5.74, 6) is 0.771. The number of aromatic nitrogens is 3. The van der Waals surface area contributed by atoms with Crippen LogP contribution in [0.5, 0.6) is 5.75 Å². The van der Waals surface area contributed by atoms with E-state index in [1.165, 1.54) is 40.3 Å². The zero-order chi connectivity index (χ0) is 28.7. The maximum atomic E-state index is 13.8. The van der Waals surface area contributed by atoms with Crippen LogP contribution in [0.15, 0.2) is 71.8 Å². The Kier molecular flexibility index (Phi) is 7.27. The Hall–Kier alpha value is -3.97. The Balaban J connectivity index is 1.48. The number of fused-ring (bicyclic) bond motifs is 1. The van der Waals surface area contributed by atoms with E-state index >= 15 is 0 Å². The van der Waals surface area contributed by atoms with Gasteiger partial charge >= 0.3 is 6.18 Å². The van der Waals surface area contributed by atoms with Crippen LogP contribution >= 0.6 is 0 Å². The minimum absolute atomic E-state index is 0.0130. The number of alkyl halides is 4. The normalized spacial score (nSPS) is 15.3. The Labute approximate surface area is 228 Å². The first kappa shape index (κ1) is 27.6. The van der Waals surface area contributed by atoms with Gasteiger partial charge in [-0.1, -0.05) is 12.1 Å². The number of rotatable bonds is 8. The second-order valence-corrected chi connectivity index (χ2v) is 11.4. The number of halogens is 4. The van der Waals surface area contributed by atoms with Crippen molar-refractivity contribution in [2.24, 2.45) is 0 Å². The molecule has 2 aromatic carbocycles. The van der Waals surface area contributed by atoms with Crippen LogP contribution in [-0.4, -0.2) is 47.8 Å². The fourth-order valence-electron chi connectivity index (χ4n) is 4.42. The maximum Gasteiger partial charge on any atom is 0.417 e. The van der Waals surface area contributed by atoms with Crippen molar-refractivity contribution in [1.29, 1.82) is 0 Å². The maximum absolute atomic E-state index is 13.8. The summed E-state index contributed by atoms with van der Waals surface area (Å²) < 4.78 is 87.7. The molecule has 2 aromatic heterocycles. The Morgan fingerprint density at radius 1 is 1.10 bits per heavy atom. The Bertz CT molecular complexity index is 1600. The van der Waals surface area contributed by atoms with Crippen LogP contribution in [0, 0.1) is 0 Å². The van der Waals surface area contributed by atoms with E-state index in [2.05, 4.69) is 15.4 Å². The molecule has 0 saturated heterocycles. The third-order valence-electron chi connectivity index (χ3n) is 6.56. The zero-order valence-electron chi connectivity index (χ0n) is 21.5. The number of nitrogens with zero attached hydrogens (tertiary/aromatic N) is 4. The van der Waals surface area contributed by atoms with E-state index in [4.69, 9.17) is 4.74 Å². The van der Waals surface area contributed by atoms with Gasteiger partial charge < -0.3 is 10.1 Å². The van der Waals surface area contributed by atoms with Crippen LogP contribution in [0.25, 0.3) is 11.3 Å². The summed E-state index contributed by atoms with van der Waals surface area (Å²) in [5, 5.41) is 7.42. The number of hydrogen-bond acceptors (Lipinski definition) is 6. The van der Waals surface area contributed by atoms with Crippen LogP contribution in [-0.2, 0) is 35.7 Å². The number of nitrogens with one attached hydrogen (secondary N) is 1. The molecule has 210 valence electrons. The summed E-state index contributed by atoms with van der Waals surface area (Å²) in [4.78, 5) is 3.84. The van der Waals surface area contributed by atoms with E-state index in [0.717, 1.165) is 11.6 Å². The second-order valence-electron chi connectivity index (χ2n) is 9.38. The number of hydrogen-bond donors (Lipinski definition) is 1. The third-order valence-corrected chi connectivity index (χ3v) is 8.36. The fraction of sp³-hybridized carbons (Fsp3) is 0.259. The van der Waals surface area contributed by atoms with E-state index in [-0.39, 0.29) is 30.2 Å². The number of sulfonamides is 1. The van der Waals surface area contributed by atoms with Crippen molar-refractivity contribution >= 4 is 21.5 Å². The fourth-order valence-corrected chi connectivity index (χ4v) is 5.61. The predicted octanol–water partition coefficient (Wildman–Crippen LogP) is 5.43. The van der Waals surface area contributed by atoms with E-state index in [1.807, 2.05) is 0 Å². The molecule has 0 spiro atoms. The van der Waals surface area contributed by atoms with Crippen molar-refractivity contribution in [2.75, 3.05) is 19.5 Å². The molecule has 1 aliphatic heterocycles. The van der Waals surface area contributed by atoms with Crippen molar-refractivity contribution in [1.82, 2.24) is 19.1 Å². The van der Waals surface area contributed by atoms with Gasteiger partial charge in [0.25, 0.3) is 0 Å². The van der Waals surface area contributed by atoms with Crippen LogP contribution in [0.2, 0.25) is 0 Å². The molecule has 3 heterocycles. The molecule has 1 atom stereocenters. The zero-order valence-corrected chi connectivity index (χ0v) is 22.3. The van der Waals surface area contributed by atoms with Crippen molar-refractivity contribution < 1.29 is 30.7 Å².